The number of nitrogens with one attached hydrogen (secondary N) is 1. The number of ether oxygens (including phenoxy) is 3. The number of Topliss-reactive ketones (excluding diaryl/α,β-unsaturated/α-hetero) is 1. The molecule has 0 saturated carbocycles. The van der Waals surface area contributed by atoms with E-state index in [9.17, 15) is 9.59 Å². The highest BCUT2D eigenvalue weighted by Crippen LogP contribution is 2.49. The Balaban J connectivity index is 1.58. The van der Waals surface area contributed by atoms with Gasteiger partial charge in [0.1, 0.15) is 0 Å². The molecule has 2 atom stereocenters. The average Bonchev–Trinajstić information content (AvgIpc) is 3.30. The Morgan fingerprint density at radius 1 is 1.11 bits per heavy atom. The van der Waals surface area contributed by atoms with Crippen LogP contribution >= 0.6 is 23.2 Å². The van der Waals surface area contributed by atoms with Gasteiger partial charge in [0.05, 0.1) is 12.2 Å². The summed E-state index contributed by atoms with van der Waals surface area (Å²) in [6.07, 6.45) is 2.60. The lowest BCUT2D eigenvalue weighted by Gasteiger charge is -2.37. The van der Waals surface area contributed by atoms with Crippen LogP contribution in [0.25, 0.3) is 0 Å². The molecule has 0 spiro atoms. The van der Waals surface area contributed by atoms with Gasteiger partial charge in [-0.1, -0.05) is 48.7 Å². The minimum Gasteiger partial charge on any atom is -0.462 e. The van der Waals surface area contributed by atoms with E-state index in [0.29, 0.717) is 63.4 Å². The SMILES string of the molecule is CCCCOC(=O)C1=C(C)NC2=C(C(=O)CC(c3ccc(Cl)cc3)C2)C1c1cc2c(cc1Cl)OCO2. The Kier molecular flexibility index (Phi) is 7.00. The van der Waals surface area contributed by atoms with E-state index < -0.39 is 11.9 Å². The number of carbonyl (C=O) groups excluding carboxylic acids is 2. The van der Waals surface area contributed by atoms with Gasteiger partial charge in [-0.2, -0.15) is 0 Å². The van der Waals surface area contributed by atoms with E-state index in [1.807, 2.05) is 38.1 Å². The molecule has 8 heteroatoms. The van der Waals surface area contributed by atoms with Crippen molar-refractivity contribution in [3.05, 3.63) is 80.1 Å². The standard InChI is InChI=1S/C28H27Cl2NO5/c1-3-4-9-34-28(33)25-15(2)31-21-10-17(16-5-7-18(29)8-6-16)11-22(32)27(21)26(25)19-12-23-24(13-20(19)30)36-14-35-23/h5-8,12-13,17,26,31H,3-4,9-11,14H2,1-2H3. The molecule has 0 bridgehead atoms. The van der Waals surface area contributed by atoms with Crippen LogP contribution in [0.15, 0.2) is 58.9 Å². The monoisotopic (exact) mass is 527 g/mol. The van der Waals surface area contributed by atoms with E-state index in [1.54, 1.807) is 12.1 Å². The van der Waals surface area contributed by atoms with Crippen LogP contribution in [-0.2, 0) is 14.3 Å². The Labute approximate surface area is 220 Å². The number of allylic oxidation sites excluding steroid dienone is 3. The van der Waals surface area contributed by atoms with Crippen molar-refractivity contribution in [3.8, 4) is 11.5 Å². The van der Waals surface area contributed by atoms with Crippen molar-refractivity contribution in [2.75, 3.05) is 13.4 Å². The summed E-state index contributed by atoms with van der Waals surface area (Å²) >= 11 is 12.8. The molecule has 5 rings (SSSR count). The number of rotatable bonds is 6. The fraction of sp³-hybridized carbons (Fsp3) is 0.357. The number of hydrogen-bond donors (Lipinski definition) is 1. The number of ketones is 1. The van der Waals surface area contributed by atoms with Gasteiger partial charge in [0.15, 0.2) is 17.3 Å². The predicted molar refractivity (Wildman–Crippen MR) is 137 cm³/mol. The summed E-state index contributed by atoms with van der Waals surface area (Å²) in [5.41, 5.74) is 4.06. The first-order valence-corrected chi connectivity index (χ1v) is 12.9. The lowest BCUT2D eigenvalue weighted by Crippen LogP contribution is -2.36. The molecule has 6 nitrogen and oxygen atoms in total. The fourth-order valence-electron chi connectivity index (χ4n) is 5.13. The third-order valence-electron chi connectivity index (χ3n) is 6.92. The van der Waals surface area contributed by atoms with Gasteiger partial charge in [-0.25, -0.2) is 4.79 Å². The largest absolute Gasteiger partial charge is 0.462 e. The van der Waals surface area contributed by atoms with Crippen molar-refractivity contribution >= 4 is 35.0 Å². The molecular weight excluding hydrogens is 501 g/mol. The molecule has 2 unspecified atom stereocenters. The number of unbranched alkanes of at least 4 members (excludes halogenated alkanes) is 1. The van der Waals surface area contributed by atoms with Crippen molar-refractivity contribution in [1.29, 1.82) is 0 Å². The number of benzene rings is 2. The van der Waals surface area contributed by atoms with Crippen molar-refractivity contribution in [2.45, 2.75) is 51.4 Å². The maximum atomic E-state index is 13.7. The minimum atomic E-state index is -0.670. The topological polar surface area (TPSA) is 73.9 Å². The number of carbonyl (C=O) groups is 2. The second-order valence-corrected chi connectivity index (χ2v) is 10.1. The molecule has 188 valence electrons. The van der Waals surface area contributed by atoms with Crippen LogP contribution in [0.5, 0.6) is 11.5 Å². The first-order valence-electron chi connectivity index (χ1n) is 12.1. The molecule has 0 amide bonds. The van der Waals surface area contributed by atoms with Gasteiger partial charge in [0.2, 0.25) is 6.79 Å². The second kappa shape index (κ2) is 10.2. The molecule has 36 heavy (non-hydrogen) atoms. The molecule has 0 saturated heterocycles. The molecule has 2 aromatic carbocycles. The Hall–Kier alpha value is -2.96. The zero-order chi connectivity index (χ0) is 25.4. The van der Waals surface area contributed by atoms with Crippen LogP contribution in [0, 0.1) is 0 Å². The maximum Gasteiger partial charge on any atom is 0.336 e. The highest BCUT2D eigenvalue weighted by molar-refractivity contribution is 6.32. The predicted octanol–water partition coefficient (Wildman–Crippen LogP) is 6.43. The van der Waals surface area contributed by atoms with E-state index in [-0.39, 0.29) is 18.5 Å². The minimum absolute atomic E-state index is 0.000233. The molecule has 3 aliphatic rings. The summed E-state index contributed by atoms with van der Waals surface area (Å²) in [5, 5.41) is 4.42. The molecule has 0 fully saturated rings. The number of halogens is 2. The average molecular weight is 528 g/mol. The quantitative estimate of drug-likeness (QED) is 0.344. The van der Waals surface area contributed by atoms with Gasteiger partial charge in [-0.05, 0) is 55.0 Å². The van der Waals surface area contributed by atoms with Gasteiger partial charge in [-0.3, -0.25) is 4.79 Å². The number of fused-ring (bicyclic) bond motifs is 1. The number of hydrogen-bond acceptors (Lipinski definition) is 6. The third-order valence-corrected chi connectivity index (χ3v) is 7.50. The normalized spacial score (nSPS) is 20.8. The lowest BCUT2D eigenvalue weighted by atomic mass is 9.71. The van der Waals surface area contributed by atoms with Crippen molar-refractivity contribution in [2.24, 2.45) is 0 Å². The van der Waals surface area contributed by atoms with Gasteiger partial charge in [0.25, 0.3) is 0 Å². The van der Waals surface area contributed by atoms with Crippen LogP contribution in [0.4, 0.5) is 0 Å². The zero-order valence-corrected chi connectivity index (χ0v) is 21.7. The maximum absolute atomic E-state index is 13.7. The molecule has 1 aliphatic carbocycles. The Morgan fingerprint density at radius 3 is 2.56 bits per heavy atom. The van der Waals surface area contributed by atoms with Crippen LogP contribution < -0.4 is 14.8 Å². The first-order chi connectivity index (χ1) is 17.4. The smallest absolute Gasteiger partial charge is 0.336 e. The summed E-state index contributed by atoms with van der Waals surface area (Å²) in [6, 6.07) is 11.0. The zero-order valence-electron chi connectivity index (χ0n) is 20.2. The van der Waals surface area contributed by atoms with E-state index in [0.717, 1.165) is 24.1 Å². The molecular formula is C28H27Cl2NO5. The second-order valence-electron chi connectivity index (χ2n) is 9.29. The lowest BCUT2D eigenvalue weighted by molar-refractivity contribution is -0.139. The highest BCUT2D eigenvalue weighted by atomic mass is 35.5. The van der Waals surface area contributed by atoms with E-state index in [4.69, 9.17) is 37.4 Å². The van der Waals surface area contributed by atoms with Gasteiger partial charge >= 0.3 is 5.97 Å². The molecule has 2 heterocycles. The molecule has 0 aromatic heterocycles. The van der Waals surface area contributed by atoms with E-state index >= 15 is 0 Å². The van der Waals surface area contributed by atoms with Crippen LogP contribution in [0.1, 0.15) is 62.5 Å². The molecule has 0 radical (unpaired) electrons. The van der Waals surface area contributed by atoms with Crippen LogP contribution in [0.3, 0.4) is 0 Å². The van der Waals surface area contributed by atoms with Gasteiger partial charge in [-0.15, -0.1) is 0 Å². The van der Waals surface area contributed by atoms with E-state index in [2.05, 4.69) is 5.32 Å². The summed E-state index contributed by atoms with van der Waals surface area (Å²) in [5.74, 6) is -0.0814. The Bertz CT molecular complexity index is 1280. The number of esters is 1. The van der Waals surface area contributed by atoms with E-state index in [1.165, 1.54) is 0 Å². The van der Waals surface area contributed by atoms with Gasteiger partial charge in [0, 0.05) is 45.4 Å². The molecule has 1 N–H and O–H groups in total. The van der Waals surface area contributed by atoms with Crippen LogP contribution in [0.2, 0.25) is 10.0 Å². The third kappa shape index (κ3) is 4.60. The number of dihydropyridines is 1. The van der Waals surface area contributed by atoms with Crippen molar-refractivity contribution in [3.63, 3.8) is 0 Å². The summed E-state index contributed by atoms with van der Waals surface area (Å²) in [7, 11) is 0. The van der Waals surface area contributed by atoms with Crippen molar-refractivity contribution in [1.82, 2.24) is 5.32 Å². The Morgan fingerprint density at radius 2 is 1.83 bits per heavy atom. The fourth-order valence-corrected chi connectivity index (χ4v) is 5.52. The summed E-state index contributed by atoms with van der Waals surface area (Å²) in [6.45, 7) is 4.28. The molecule has 2 aliphatic heterocycles. The highest BCUT2D eigenvalue weighted by Gasteiger charge is 2.42. The van der Waals surface area contributed by atoms with Crippen LogP contribution in [-0.4, -0.2) is 25.2 Å². The first kappa shape index (κ1) is 24.7. The van der Waals surface area contributed by atoms with Gasteiger partial charge < -0.3 is 19.5 Å². The van der Waals surface area contributed by atoms with Crippen molar-refractivity contribution < 1.29 is 23.8 Å². The summed E-state index contributed by atoms with van der Waals surface area (Å²) in [4.78, 5) is 27.1. The molecule has 2 aromatic rings. The summed E-state index contributed by atoms with van der Waals surface area (Å²) < 4.78 is 16.7.